The van der Waals surface area contributed by atoms with Gasteiger partial charge >= 0.3 is 0 Å². The highest BCUT2D eigenvalue weighted by Gasteiger charge is 2.13. The lowest BCUT2D eigenvalue weighted by Gasteiger charge is -2.02. The molecule has 0 aliphatic carbocycles. The second-order valence-electron chi connectivity index (χ2n) is 4.17. The summed E-state index contributed by atoms with van der Waals surface area (Å²) in [5.74, 6) is -0.412. The average molecular weight is 273 g/mol. The van der Waals surface area contributed by atoms with Crippen molar-refractivity contribution in [3.63, 3.8) is 0 Å². The van der Waals surface area contributed by atoms with Gasteiger partial charge in [0.05, 0.1) is 17.6 Å². The van der Waals surface area contributed by atoms with E-state index < -0.39 is 18.9 Å². The Hall–Kier alpha value is -1.99. The predicted molar refractivity (Wildman–Crippen MR) is 63.5 cm³/mol. The Kier molecular flexibility index (Phi) is 3.77. The zero-order valence-electron chi connectivity index (χ0n) is 10.6. The van der Waals surface area contributed by atoms with Crippen LogP contribution in [0.5, 0.6) is 0 Å². The van der Waals surface area contributed by atoms with Gasteiger partial charge in [0, 0.05) is 25.4 Å². The van der Waals surface area contributed by atoms with Crippen LogP contribution in [-0.4, -0.2) is 26.0 Å². The third-order valence-electron chi connectivity index (χ3n) is 2.70. The number of hydrogen-bond acceptors (Lipinski definition) is 3. The van der Waals surface area contributed by atoms with Crippen molar-refractivity contribution < 1.29 is 13.2 Å². The van der Waals surface area contributed by atoms with E-state index in [-0.39, 0.29) is 6.54 Å². The molecule has 2 aromatic rings. The minimum atomic E-state index is -2.45. The van der Waals surface area contributed by atoms with Crippen LogP contribution < -0.4 is 5.32 Å². The molecule has 1 N–H and O–H groups in total. The first kappa shape index (κ1) is 13.4. The third-order valence-corrected chi connectivity index (χ3v) is 2.70. The Morgan fingerprint density at radius 1 is 1.42 bits per heavy atom. The van der Waals surface area contributed by atoms with Crippen molar-refractivity contribution in [2.75, 3.05) is 5.32 Å². The minimum Gasteiger partial charge on any atom is -0.378 e. The van der Waals surface area contributed by atoms with Crippen LogP contribution >= 0.6 is 0 Å². The summed E-state index contributed by atoms with van der Waals surface area (Å²) in [6.45, 7) is 1.48. The third kappa shape index (κ3) is 3.07. The number of aryl methyl sites for hydroxylation is 2. The molecule has 0 radical (unpaired) electrons. The van der Waals surface area contributed by atoms with E-state index in [0.717, 1.165) is 9.36 Å². The maximum Gasteiger partial charge on any atom is 0.257 e. The lowest BCUT2D eigenvalue weighted by molar-refractivity contribution is 0.122. The van der Waals surface area contributed by atoms with Gasteiger partial charge in [-0.3, -0.25) is 4.68 Å². The highest BCUT2D eigenvalue weighted by atomic mass is 19.3. The second-order valence-corrected chi connectivity index (χ2v) is 4.17. The number of nitrogens with one attached hydrogen (secondary N) is 1. The van der Waals surface area contributed by atoms with Crippen LogP contribution in [0.15, 0.2) is 12.4 Å². The number of halogens is 3. The molecule has 0 aliphatic rings. The normalized spacial score (nSPS) is 11.3. The summed E-state index contributed by atoms with van der Waals surface area (Å²) in [4.78, 5) is 0. The van der Waals surface area contributed by atoms with Crippen LogP contribution in [0, 0.1) is 12.9 Å². The predicted octanol–water partition coefficient (Wildman–Crippen LogP) is 1.94. The quantitative estimate of drug-likeness (QED) is 0.905. The number of rotatable bonds is 5. The summed E-state index contributed by atoms with van der Waals surface area (Å²) in [5.41, 5.74) is 1.60. The van der Waals surface area contributed by atoms with Crippen molar-refractivity contribution in [3.8, 4) is 0 Å². The van der Waals surface area contributed by atoms with Crippen molar-refractivity contribution in [2.24, 2.45) is 7.05 Å². The molecule has 0 spiro atoms. The first-order valence-corrected chi connectivity index (χ1v) is 5.70. The fourth-order valence-electron chi connectivity index (χ4n) is 1.76. The zero-order chi connectivity index (χ0) is 14.0. The summed E-state index contributed by atoms with van der Waals surface area (Å²) in [5, 5.41) is 10.7. The Balaban J connectivity index is 2.00. The molecule has 0 saturated carbocycles. The topological polar surface area (TPSA) is 47.7 Å². The molecule has 2 heterocycles. The molecular formula is C11H14F3N5. The number of alkyl halides is 2. The molecule has 0 aliphatic heterocycles. The van der Waals surface area contributed by atoms with Crippen LogP contribution in [0.3, 0.4) is 0 Å². The van der Waals surface area contributed by atoms with Gasteiger partial charge < -0.3 is 5.32 Å². The molecule has 0 bridgehead atoms. The smallest absolute Gasteiger partial charge is 0.257 e. The SMILES string of the molecule is Cc1nn(C)c(F)c1CNc1cnn(CC(F)F)c1. The van der Waals surface area contributed by atoms with Gasteiger partial charge in [0.1, 0.15) is 6.54 Å². The molecule has 0 atom stereocenters. The van der Waals surface area contributed by atoms with E-state index in [4.69, 9.17) is 0 Å². The van der Waals surface area contributed by atoms with Crippen LogP contribution in [-0.2, 0) is 20.1 Å². The van der Waals surface area contributed by atoms with E-state index in [1.54, 1.807) is 6.92 Å². The molecule has 0 unspecified atom stereocenters. The van der Waals surface area contributed by atoms with E-state index in [1.165, 1.54) is 19.4 Å². The molecule has 5 nitrogen and oxygen atoms in total. The lowest BCUT2D eigenvalue weighted by Crippen LogP contribution is -2.06. The fourth-order valence-corrected chi connectivity index (χ4v) is 1.76. The zero-order valence-corrected chi connectivity index (χ0v) is 10.6. The van der Waals surface area contributed by atoms with Crippen LogP contribution in [0.4, 0.5) is 18.9 Å². The van der Waals surface area contributed by atoms with Crippen molar-refractivity contribution in [1.82, 2.24) is 19.6 Å². The van der Waals surface area contributed by atoms with Crippen molar-refractivity contribution in [1.29, 1.82) is 0 Å². The van der Waals surface area contributed by atoms with E-state index in [1.807, 2.05) is 0 Å². The van der Waals surface area contributed by atoms with Crippen molar-refractivity contribution in [3.05, 3.63) is 29.6 Å². The molecule has 8 heteroatoms. The first-order valence-electron chi connectivity index (χ1n) is 5.70. The van der Waals surface area contributed by atoms with Crippen LogP contribution in [0.1, 0.15) is 11.3 Å². The molecular weight excluding hydrogens is 259 g/mol. The Morgan fingerprint density at radius 2 is 2.16 bits per heavy atom. The van der Waals surface area contributed by atoms with E-state index in [0.29, 0.717) is 16.9 Å². The molecule has 0 amide bonds. The molecule has 2 rings (SSSR count). The summed E-state index contributed by atoms with van der Waals surface area (Å²) in [6, 6.07) is 0. The van der Waals surface area contributed by atoms with Gasteiger partial charge in [-0.2, -0.15) is 14.6 Å². The second kappa shape index (κ2) is 5.33. The lowest BCUT2D eigenvalue weighted by atomic mass is 10.2. The largest absolute Gasteiger partial charge is 0.378 e. The van der Waals surface area contributed by atoms with Gasteiger partial charge in [0.25, 0.3) is 6.43 Å². The number of aromatic nitrogens is 4. The van der Waals surface area contributed by atoms with E-state index in [2.05, 4.69) is 15.5 Å². The molecule has 0 fully saturated rings. The van der Waals surface area contributed by atoms with E-state index in [9.17, 15) is 13.2 Å². The molecule has 19 heavy (non-hydrogen) atoms. The summed E-state index contributed by atoms with van der Waals surface area (Å²) < 4.78 is 40.2. The Morgan fingerprint density at radius 3 is 2.74 bits per heavy atom. The van der Waals surface area contributed by atoms with E-state index >= 15 is 0 Å². The van der Waals surface area contributed by atoms with Crippen LogP contribution in [0.2, 0.25) is 0 Å². The summed E-state index contributed by atoms with van der Waals surface area (Å²) >= 11 is 0. The number of nitrogens with zero attached hydrogens (tertiary/aromatic N) is 4. The number of hydrogen-bond donors (Lipinski definition) is 1. The van der Waals surface area contributed by atoms with Crippen molar-refractivity contribution >= 4 is 5.69 Å². The standard InChI is InChI=1S/C11H14F3N5/c1-7-9(11(14)18(2)17-7)4-15-8-3-16-19(5-8)6-10(12)13/h3,5,10,15H,4,6H2,1-2H3. The van der Waals surface area contributed by atoms with Gasteiger partial charge in [0.2, 0.25) is 5.95 Å². The Bertz CT molecular complexity index is 561. The highest BCUT2D eigenvalue weighted by Crippen LogP contribution is 2.14. The van der Waals surface area contributed by atoms with Gasteiger partial charge in [-0.25, -0.2) is 13.5 Å². The minimum absolute atomic E-state index is 0.228. The number of anilines is 1. The molecule has 104 valence electrons. The maximum atomic E-state index is 13.6. The highest BCUT2D eigenvalue weighted by molar-refractivity contribution is 5.39. The monoisotopic (exact) mass is 273 g/mol. The molecule has 0 aromatic carbocycles. The van der Waals surface area contributed by atoms with Gasteiger partial charge in [-0.05, 0) is 6.92 Å². The summed E-state index contributed by atoms with van der Waals surface area (Å²) in [7, 11) is 1.52. The van der Waals surface area contributed by atoms with Gasteiger partial charge in [-0.1, -0.05) is 0 Å². The van der Waals surface area contributed by atoms with Crippen molar-refractivity contribution in [2.45, 2.75) is 26.4 Å². The maximum absolute atomic E-state index is 13.6. The molecule has 0 saturated heterocycles. The summed E-state index contributed by atoms with van der Waals surface area (Å²) in [6.07, 6.45) is 0.424. The first-order chi connectivity index (χ1) is 8.97. The Labute approximate surface area is 108 Å². The molecule has 2 aromatic heterocycles. The average Bonchev–Trinajstić information content (AvgIpc) is 2.84. The van der Waals surface area contributed by atoms with Crippen LogP contribution in [0.25, 0.3) is 0 Å². The fraction of sp³-hybridized carbons (Fsp3) is 0.455. The van der Waals surface area contributed by atoms with Gasteiger partial charge in [0.15, 0.2) is 0 Å². The van der Waals surface area contributed by atoms with Gasteiger partial charge in [-0.15, -0.1) is 0 Å².